The lowest BCUT2D eigenvalue weighted by Crippen LogP contribution is -2.49. The van der Waals surface area contributed by atoms with E-state index in [1.807, 2.05) is 0 Å². The third kappa shape index (κ3) is 2.45. The van der Waals surface area contributed by atoms with E-state index in [0.717, 1.165) is 25.7 Å². The zero-order chi connectivity index (χ0) is 15.3. The predicted molar refractivity (Wildman–Crippen MR) is 85.7 cm³/mol. The Kier molecular flexibility index (Phi) is 3.48. The third-order valence-electron chi connectivity index (χ3n) is 5.85. The van der Waals surface area contributed by atoms with Gasteiger partial charge in [-0.2, -0.15) is 0 Å². The van der Waals surface area contributed by atoms with Crippen LogP contribution < -0.4 is 0 Å². The van der Waals surface area contributed by atoms with Crippen LogP contribution >= 0.6 is 0 Å². The van der Waals surface area contributed by atoms with Crippen molar-refractivity contribution in [3.05, 3.63) is 35.4 Å². The third-order valence-corrected chi connectivity index (χ3v) is 5.85. The van der Waals surface area contributed by atoms with Crippen LogP contribution in [-0.2, 0) is 9.53 Å². The molecule has 1 aliphatic carbocycles. The summed E-state index contributed by atoms with van der Waals surface area (Å²) in [6, 6.07) is 9.74. The highest BCUT2D eigenvalue weighted by molar-refractivity contribution is 5.75. The van der Waals surface area contributed by atoms with Gasteiger partial charge in [0.1, 0.15) is 6.10 Å². The quantitative estimate of drug-likeness (QED) is 0.802. The molecule has 4 rings (SSSR count). The molecule has 22 heavy (non-hydrogen) atoms. The fourth-order valence-electron chi connectivity index (χ4n) is 4.37. The summed E-state index contributed by atoms with van der Waals surface area (Å²) in [5.41, 5.74) is 2.59. The van der Waals surface area contributed by atoms with Crippen LogP contribution in [0.5, 0.6) is 0 Å². The van der Waals surface area contributed by atoms with E-state index in [0.29, 0.717) is 18.0 Å². The molecular weight excluding hydrogens is 274 g/mol. The minimum atomic E-state index is 0.00653. The van der Waals surface area contributed by atoms with Gasteiger partial charge < -0.3 is 4.74 Å². The summed E-state index contributed by atoms with van der Waals surface area (Å²) in [6.45, 7) is 2.11. The van der Waals surface area contributed by atoms with Gasteiger partial charge in [0.15, 0.2) is 0 Å². The first-order chi connectivity index (χ1) is 10.6. The van der Waals surface area contributed by atoms with Crippen molar-refractivity contribution in [1.82, 2.24) is 4.90 Å². The van der Waals surface area contributed by atoms with E-state index in [1.165, 1.54) is 17.5 Å². The maximum absolute atomic E-state index is 12.8. The van der Waals surface area contributed by atoms with Crippen LogP contribution in [0.3, 0.4) is 0 Å². The number of hydrogen-bond acceptors (Lipinski definition) is 3. The molecule has 3 fully saturated rings. The highest BCUT2D eigenvalue weighted by Crippen LogP contribution is 2.47. The Bertz CT molecular complexity index is 563. The first kappa shape index (κ1) is 14.3. The Balaban J connectivity index is 1.64. The summed E-state index contributed by atoms with van der Waals surface area (Å²) < 4.78 is 5.71. The van der Waals surface area contributed by atoms with Gasteiger partial charge in [-0.25, -0.2) is 0 Å². The number of esters is 1. The van der Waals surface area contributed by atoms with Gasteiger partial charge in [0.25, 0.3) is 0 Å². The molecule has 2 unspecified atom stereocenters. The maximum atomic E-state index is 12.8. The van der Waals surface area contributed by atoms with Gasteiger partial charge in [-0.1, -0.05) is 29.8 Å². The van der Waals surface area contributed by atoms with Gasteiger partial charge in [-0.15, -0.1) is 0 Å². The average molecular weight is 299 g/mol. The fourth-order valence-corrected chi connectivity index (χ4v) is 4.37. The molecule has 3 heteroatoms. The molecule has 2 saturated heterocycles. The number of piperidine rings is 1. The molecule has 0 amide bonds. The van der Waals surface area contributed by atoms with Gasteiger partial charge in [-0.3, -0.25) is 9.69 Å². The summed E-state index contributed by atoms with van der Waals surface area (Å²) in [5.74, 6) is 0.373. The minimum Gasteiger partial charge on any atom is -0.462 e. The predicted octanol–water partition coefficient (Wildman–Crippen LogP) is 3.27. The lowest BCUT2D eigenvalue weighted by atomic mass is 9.76. The van der Waals surface area contributed by atoms with Crippen LogP contribution in [0.15, 0.2) is 24.3 Å². The summed E-state index contributed by atoms with van der Waals surface area (Å²) in [7, 11) is 2.19. The van der Waals surface area contributed by atoms with Crippen LogP contribution in [0.25, 0.3) is 0 Å². The molecule has 1 saturated carbocycles. The molecule has 0 aromatic heterocycles. The Labute approximate surface area is 132 Å². The van der Waals surface area contributed by atoms with Gasteiger partial charge in [0.05, 0.1) is 5.92 Å². The van der Waals surface area contributed by atoms with Crippen LogP contribution in [0.1, 0.15) is 49.1 Å². The molecule has 1 aromatic rings. The van der Waals surface area contributed by atoms with Crippen molar-refractivity contribution in [2.24, 2.45) is 5.92 Å². The average Bonchev–Trinajstić information content (AvgIpc) is 3.27. The maximum Gasteiger partial charge on any atom is 0.311 e. The van der Waals surface area contributed by atoms with Crippen molar-refractivity contribution in [3.8, 4) is 0 Å². The molecule has 3 nitrogen and oxygen atoms in total. The molecule has 2 bridgehead atoms. The van der Waals surface area contributed by atoms with Crippen LogP contribution in [0.2, 0.25) is 0 Å². The van der Waals surface area contributed by atoms with E-state index >= 15 is 0 Å². The van der Waals surface area contributed by atoms with Crippen LogP contribution in [0.4, 0.5) is 0 Å². The number of ether oxygens (including phenoxy) is 1. The van der Waals surface area contributed by atoms with Crippen molar-refractivity contribution in [2.75, 3.05) is 7.05 Å². The number of nitrogens with zero attached hydrogens (tertiary/aromatic N) is 1. The molecule has 2 heterocycles. The van der Waals surface area contributed by atoms with E-state index < -0.39 is 0 Å². The number of aryl methyl sites for hydroxylation is 1. The lowest BCUT2D eigenvalue weighted by molar-refractivity contribution is -0.154. The first-order valence-electron chi connectivity index (χ1n) is 8.62. The SMILES string of the molecule is Cc1ccc([C@H]2C[C@H]3CCC(C2C(=O)OC2CC2)N3C)cc1. The van der Waals surface area contributed by atoms with E-state index in [-0.39, 0.29) is 18.0 Å². The van der Waals surface area contributed by atoms with Crippen molar-refractivity contribution in [1.29, 1.82) is 0 Å². The zero-order valence-electron chi connectivity index (χ0n) is 13.5. The number of hydrogen-bond donors (Lipinski definition) is 0. The highest BCUT2D eigenvalue weighted by Gasteiger charge is 2.50. The molecule has 118 valence electrons. The number of fused-ring (bicyclic) bond motifs is 2. The summed E-state index contributed by atoms with van der Waals surface area (Å²) >= 11 is 0. The normalized spacial score (nSPS) is 34.6. The Hall–Kier alpha value is -1.35. The Morgan fingerprint density at radius 2 is 1.86 bits per heavy atom. The van der Waals surface area contributed by atoms with E-state index in [4.69, 9.17) is 4.74 Å². The zero-order valence-corrected chi connectivity index (χ0v) is 13.5. The summed E-state index contributed by atoms with van der Waals surface area (Å²) in [5, 5.41) is 0. The number of benzene rings is 1. The molecule has 4 atom stereocenters. The van der Waals surface area contributed by atoms with Crippen molar-refractivity contribution in [3.63, 3.8) is 0 Å². The largest absolute Gasteiger partial charge is 0.462 e. The molecule has 0 radical (unpaired) electrons. The monoisotopic (exact) mass is 299 g/mol. The summed E-state index contributed by atoms with van der Waals surface area (Å²) in [4.78, 5) is 15.2. The Morgan fingerprint density at radius 1 is 1.14 bits per heavy atom. The number of carbonyl (C=O) groups excluding carboxylic acids is 1. The van der Waals surface area contributed by atoms with Crippen molar-refractivity contribution >= 4 is 5.97 Å². The van der Waals surface area contributed by atoms with Gasteiger partial charge in [0.2, 0.25) is 0 Å². The molecule has 0 spiro atoms. The topological polar surface area (TPSA) is 29.5 Å². The van der Waals surface area contributed by atoms with Crippen molar-refractivity contribution < 1.29 is 9.53 Å². The van der Waals surface area contributed by atoms with Crippen LogP contribution in [0, 0.1) is 12.8 Å². The molecular formula is C19H25NO2. The highest BCUT2D eigenvalue weighted by atomic mass is 16.5. The molecule has 1 aromatic carbocycles. The smallest absolute Gasteiger partial charge is 0.311 e. The second-order valence-electron chi connectivity index (χ2n) is 7.38. The van der Waals surface area contributed by atoms with E-state index in [9.17, 15) is 4.79 Å². The number of rotatable bonds is 3. The molecule has 2 aliphatic heterocycles. The summed E-state index contributed by atoms with van der Waals surface area (Å²) in [6.07, 6.45) is 5.74. The minimum absolute atomic E-state index is 0.00653. The first-order valence-corrected chi connectivity index (χ1v) is 8.62. The Morgan fingerprint density at radius 3 is 2.55 bits per heavy atom. The van der Waals surface area contributed by atoms with E-state index in [1.54, 1.807) is 0 Å². The second kappa shape index (κ2) is 5.38. The van der Waals surface area contributed by atoms with Crippen LogP contribution in [-0.4, -0.2) is 36.1 Å². The van der Waals surface area contributed by atoms with E-state index in [2.05, 4.69) is 43.1 Å². The van der Waals surface area contributed by atoms with Gasteiger partial charge in [-0.05, 0) is 51.6 Å². The lowest BCUT2D eigenvalue weighted by Gasteiger charge is -2.42. The fraction of sp³-hybridized carbons (Fsp3) is 0.632. The molecule has 0 N–H and O–H groups in total. The second-order valence-corrected chi connectivity index (χ2v) is 7.38. The van der Waals surface area contributed by atoms with Crippen molar-refractivity contribution in [2.45, 2.75) is 63.1 Å². The van der Waals surface area contributed by atoms with Gasteiger partial charge >= 0.3 is 5.97 Å². The number of carbonyl (C=O) groups is 1. The molecule has 3 aliphatic rings. The van der Waals surface area contributed by atoms with Gasteiger partial charge in [0, 0.05) is 18.0 Å². The standard InChI is InChI=1S/C19H25NO2/c1-12-3-5-13(6-4-12)16-11-14-7-10-17(20(14)2)18(16)19(21)22-15-8-9-15/h3-6,14-18H,7-11H2,1-2H3/t14-,16-,17?,18?/m1/s1.